The summed E-state index contributed by atoms with van der Waals surface area (Å²) < 4.78 is 12.5. The number of hydrogen-bond acceptors (Lipinski definition) is 6. The van der Waals surface area contributed by atoms with Gasteiger partial charge in [0.05, 0.1) is 20.0 Å². The number of thioether (sulfide) groups is 1. The zero-order chi connectivity index (χ0) is 20.6. The molecule has 152 valence electrons. The first-order valence-electron chi connectivity index (χ1n) is 9.20. The topological polar surface area (TPSA) is 78.3 Å². The van der Waals surface area contributed by atoms with Crippen molar-refractivity contribution in [2.24, 2.45) is 0 Å². The van der Waals surface area contributed by atoms with Gasteiger partial charge < -0.3 is 14.8 Å². The van der Waals surface area contributed by atoms with Gasteiger partial charge in [0.2, 0.25) is 5.91 Å². The summed E-state index contributed by atoms with van der Waals surface area (Å²) in [5, 5.41) is 12.0. The summed E-state index contributed by atoms with van der Waals surface area (Å²) in [6, 6.07) is 15.4. The summed E-state index contributed by atoms with van der Waals surface area (Å²) in [6.45, 7) is 2.43. The van der Waals surface area contributed by atoms with Gasteiger partial charge in [-0.05, 0) is 49.2 Å². The number of methoxy groups -OCH3 is 2. The van der Waals surface area contributed by atoms with Crippen molar-refractivity contribution >= 4 is 17.7 Å². The largest absolute Gasteiger partial charge is 0.497 e. The fraction of sp³-hybridized carbons (Fsp3) is 0.286. The lowest BCUT2D eigenvalue weighted by molar-refractivity contribution is -0.118. The molecule has 0 radical (unpaired) electrons. The van der Waals surface area contributed by atoms with Crippen molar-refractivity contribution in [3.63, 3.8) is 0 Å². The van der Waals surface area contributed by atoms with Gasteiger partial charge in [-0.2, -0.15) is 0 Å². The number of aryl methyl sites for hydroxylation is 1. The van der Waals surface area contributed by atoms with Crippen LogP contribution in [0.1, 0.15) is 11.4 Å². The first-order valence-corrected chi connectivity index (χ1v) is 10.2. The molecule has 0 spiro atoms. The Hall–Kier alpha value is -3.00. The van der Waals surface area contributed by atoms with E-state index in [9.17, 15) is 4.79 Å². The molecule has 29 heavy (non-hydrogen) atoms. The van der Waals surface area contributed by atoms with E-state index in [0.29, 0.717) is 18.1 Å². The highest BCUT2D eigenvalue weighted by molar-refractivity contribution is 7.99. The van der Waals surface area contributed by atoms with E-state index in [1.165, 1.54) is 11.8 Å². The van der Waals surface area contributed by atoms with Crippen molar-refractivity contribution in [1.82, 2.24) is 20.1 Å². The molecule has 3 aromatic rings. The number of rotatable bonds is 9. The summed E-state index contributed by atoms with van der Waals surface area (Å²) in [5.74, 6) is 2.59. The minimum absolute atomic E-state index is 0.0492. The summed E-state index contributed by atoms with van der Waals surface area (Å²) in [5.41, 5.74) is 1.99. The van der Waals surface area contributed by atoms with Crippen LogP contribution in [-0.4, -0.2) is 47.2 Å². The van der Waals surface area contributed by atoms with Crippen LogP contribution in [0.5, 0.6) is 11.5 Å². The van der Waals surface area contributed by atoms with E-state index in [-0.39, 0.29) is 11.7 Å². The lowest BCUT2D eigenvalue weighted by atomic mass is 10.1. The van der Waals surface area contributed by atoms with Gasteiger partial charge in [0.15, 0.2) is 5.16 Å². The average Bonchev–Trinajstić information content (AvgIpc) is 3.13. The smallest absolute Gasteiger partial charge is 0.230 e. The molecule has 0 saturated heterocycles. The first kappa shape index (κ1) is 20.7. The van der Waals surface area contributed by atoms with Crippen molar-refractivity contribution < 1.29 is 14.3 Å². The fourth-order valence-electron chi connectivity index (χ4n) is 2.89. The molecule has 7 nitrogen and oxygen atoms in total. The third-order valence-electron chi connectivity index (χ3n) is 4.37. The molecule has 0 bridgehead atoms. The maximum Gasteiger partial charge on any atom is 0.230 e. The van der Waals surface area contributed by atoms with Crippen LogP contribution in [0.15, 0.2) is 53.7 Å². The number of hydrogen-bond donors (Lipinski definition) is 1. The third kappa shape index (κ3) is 5.29. The van der Waals surface area contributed by atoms with Crippen LogP contribution in [0.3, 0.4) is 0 Å². The molecule has 0 fully saturated rings. The Morgan fingerprint density at radius 3 is 2.55 bits per heavy atom. The lowest BCUT2D eigenvalue weighted by Gasteiger charge is -2.10. The fourth-order valence-corrected chi connectivity index (χ4v) is 3.72. The molecular formula is C21H24N4O3S. The summed E-state index contributed by atoms with van der Waals surface area (Å²) in [6.07, 6.45) is 0.710. The summed E-state index contributed by atoms with van der Waals surface area (Å²) in [7, 11) is 3.28. The van der Waals surface area contributed by atoms with E-state index < -0.39 is 0 Å². The zero-order valence-electron chi connectivity index (χ0n) is 16.7. The molecule has 1 amide bonds. The van der Waals surface area contributed by atoms with E-state index >= 15 is 0 Å². The highest BCUT2D eigenvalue weighted by atomic mass is 32.2. The van der Waals surface area contributed by atoms with Gasteiger partial charge >= 0.3 is 0 Å². The Bertz CT molecular complexity index is 957. The predicted molar refractivity (Wildman–Crippen MR) is 113 cm³/mol. The molecule has 0 aliphatic carbocycles. The third-order valence-corrected chi connectivity index (χ3v) is 5.30. The second-order valence-electron chi connectivity index (χ2n) is 6.26. The molecule has 0 aliphatic heterocycles. The Balaban J connectivity index is 1.55. The average molecular weight is 413 g/mol. The molecule has 2 aromatic carbocycles. The van der Waals surface area contributed by atoms with Gasteiger partial charge in [-0.3, -0.25) is 9.36 Å². The number of carbonyl (C=O) groups is 1. The molecule has 0 atom stereocenters. The van der Waals surface area contributed by atoms with Crippen molar-refractivity contribution in [2.75, 3.05) is 26.5 Å². The number of aromatic nitrogens is 3. The van der Waals surface area contributed by atoms with E-state index in [1.807, 2.05) is 60.0 Å². The Labute approximate surface area is 174 Å². The molecule has 8 heteroatoms. The number of carbonyl (C=O) groups excluding carboxylic acids is 1. The van der Waals surface area contributed by atoms with Gasteiger partial charge in [0, 0.05) is 12.2 Å². The minimum atomic E-state index is -0.0492. The van der Waals surface area contributed by atoms with Crippen molar-refractivity contribution in [1.29, 1.82) is 0 Å². The second kappa shape index (κ2) is 9.97. The van der Waals surface area contributed by atoms with Crippen molar-refractivity contribution in [2.45, 2.75) is 18.5 Å². The number of nitrogens with one attached hydrogen (secondary N) is 1. The van der Waals surface area contributed by atoms with Crippen LogP contribution >= 0.6 is 11.8 Å². The Morgan fingerprint density at radius 2 is 1.83 bits per heavy atom. The minimum Gasteiger partial charge on any atom is -0.497 e. The molecule has 0 unspecified atom stereocenters. The predicted octanol–water partition coefficient (Wildman–Crippen LogP) is 3.04. The highest BCUT2D eigenvalue weighted by Crippen LogP contribution is 2.23. The lowest BCUT2D eigenvalue weighted by Crippen LogP contribution is -2.27. The normalized spacial score (nSPS) is 10.6. The zero-order valence-corrected chi connectivity index (χ0v) is 17.5. The van der Waals surface area contributed by atoms with E-state index in [0.717, 1.165) is 28.6 Å². The Kier molecular flexibility index (Phi) is 7.13. The molecular weight excluding hydrogens is 388 g/mol. The van der Waals surface area contributed by atoms with E-state index in [1.54, 1.807) is 14.2 Å². The molecule has 1 aromatic heterocycles. The van der Waals surface area contributed by atoms with Crippen LogP contribution in [0, 0.1) is 6.92 Å². The SMILES string of the molecule is COc1ccc(-n2c(C)nnc2SCC(=O)NCCc2ccccc2OC)cc1. The van der Waals surface area contributed by atoms with Crippen LogP contribution in [0.4, 0.5) is 0 Å². The van der Waals surface area contributed by atoms with E-state index in [4.69, 9.17) is 9.47 Å². The Morgan fingerprint density at radius 1 is 1.07 bits per heavy atom. The molecule has 0 aliphatic rings. The monoisotopic (exact) mass is 412 g/mol. The van der Waals surface area contributed by atoms with Gasteiger partial charge in [0.1, 0.15) is 17.3 Å². The number of ether oxygens (including phenoxy) is 2. The summed E-state index contributed by atoms with van der Waals surface area (Å²) in [4.78, 5) is 12.3. The van der Waals surface area contributed by atoms with Gasteiger partial charge in [-0.1, -0.05) is 30.0 Å². The number of para-hydroxylation sites is 1. The van der Waals surface area contributed by atoms with Crippen molar-refractivity contribution in [3.8, 4) is 17.2 Å². The van der Waals surface area contributed by atoms with Crippen LogP contribution in [0.2, 0.25) is 0 Å². The van der Waals surface area contributed by atoms with Crippen LogP contribution < -0.4 is 14.8 Å². The number of nitrogens with zero attached hydrogens (tertiary/aromatic N) is 3. The molecule has 3 rings (SSSR count). The van der Waals surface area contributed by atoms with Crippen LogP contribution in [-0.2, 0) is 11.2 Å². The van der Waals surface area contributed by atoms with E-state index in [2.05, 4.69) is 15.5 Å². The first-order chi connectivity index (χ1) is 14.1. The molecule has 1 N–H and O–H groups in total. The van der Waals surface area contributed by atoms with Gasteiger partial charge in [-0.15, -0.1) is 10.2 Å². The molecule has 0 saturated carbocycles. The standard InChI is InChI=1S/C21H24N4O3S/c1-15-23-24-21(25(15)17-8-10-18(27-2)11-9-17)29-14-20(26)22-13-12-16-6-4-5-7-19(16)28-3/h4-11H,12-14H2,1-3H3,(H,22,26). The summed E-state index contributed by atoms with van der Waals surface area (Å²) >= 11 is 1.36. The maximum absolute atomic E-state index is 12.3. The van der Waals surface area contributed by atoms with Gasteiger partial charge in [-0.25, -0.2) is 0 Å². The highest BCUT2D eigenvalue weighted by Gasteiger charge is 2.13. The number of amides is 1. The number of benzene rings is 2. The van der Waals surface area contributed by atoms with Crippen molar-refractivity contribution in [3.05, 3.63) is 59.9 Å². The molecule has 1 heterocycles. The maximum atomic E-state index is 12.3. The van der Waals surface area contributed by atoms with Gasteiger partial charge in [0.25, 0.3) is 0 Å². The quantitative estimate of drug-likeness (QED) is 0.544. The second-order valence-corrected chi connectivity index (χ2v) is 7.21. The van der Waals surface area contributed by atoms with Crippen LogP contribution in [0.25, 0.3) is 5.69 Å².